The minimum absolute atomic E-state index is 0.188. The predicted octanol–water partition coefficient (Wildman–Crippen LogP) is 3.04. The van der Waals surface area contributed by atoms with Crippen LogP contribution in [0.4, 0.5) is 4.79 Å². The summed E-state index contributed by atoms with van der Waals surface area (Å²) in [5.41, 5.74) is -0.430. The summed E-state index contributed by atoms with van der Waals surface area (Å²) in [6.07, 6.45) is 2.22. The number of ether oxygens (including phenoxy) is 2. The first-order chi connectivity index (χ1) is 10.2. The fraction of sp³-hybridized carbons (Fsp3) is 0.941. The number of amides is 1. The molecule has 1 saturated heterocycles. The smallest absolute Gasteiger partial charge is 0.410 e. The zero-order chi connectivity index (χ0) is 16.8. The van der Waals surface area contributed by atoms with E-state index in [0.717, 1.165) is 39.1 Å². The van der Waals surface area contributed by atoms with Crippen LogP contribution in [0.3, 0.4) is 0 Å². The maximum Gasteiger partial charge on any atom is 0.410 e. The summed E-state index contributed by atoms with van der Waals surface area (Å²) in [7, 11) is 0. The molecule has 0 aromatic heterocycles. The van der Waals surface area contributed by atoms with Crippen LogP contribution in [-0.4, -0.2) is 55.0 Å². The van der Waals surface area contributed by atoms with Crippen molar-refractivity contribution < 1.29 is 14.3 Å². The predicted molar refractivity (Wildman–Crippen MR) is 89.1 cm³/mol. The van der Waals surface area contributed by atoms with Crippen LogP contribution in [-0.2, 0) is 9.47 Å². The number of carbonyl (C=O) groups excluding carboxylic acids is 1. The Morgan fingerprint density at radius 3 is 2.64 bits per heavy atom. The van der Waals surface area contributed by atoms with Crippen LogP contribution >= 0.6 is 0 Å². The van der Waals surface area contributed by atoms with Crippen LogP contribution in [0.1, 0.15) is 54.4 Å². The molecule has 1 heterocycles. The van der Waals surface area contributed by atoms with Crippen molar-refractivity contribution in [1.82, 2.24) is 10.2 Å². The number of nitrogens with zero attached hydrogens (tertiary/aromatic N) is 1. The third-order valence-electron chi connectivity index (χ3n) is 4.00. The highest BCUT2D eigenvalue weighted by Crippen LogP contribution is 2.21. The molecule has 0 spiro atoms. The van der Waals surface area contributed by atoms with E-state index in [1.165, 1.54) is 0 Å². The van der Waals surface area contributed by atoms with E-state index >= 15 is 0 Å². The van der Waals surface area contributed by atoms with Gasteiger partial charge in [-0.2, -0.15) is 0 Å². The molecule has 0 saturated carbocycles. The molecular weight excluding hydrogens is 280 g/mol. The third kappa shape index (κ3) is 6.97. The average molecular weight is 314 g/mol. The Morgan fingerprint density at radius 2 is 2.05 bits per heavy atom. The second kappa shape index (κ2) is 8.73. The molecule has 0 aliphatic carbocycles. The lowest BCUT2D eigenvalue weighted by Crippen LogP contribution is -2.48. The minimum atomic E-state index is -0.430. The first kappa shape index (κ1) is 19.2. The molecule has 1 amide bonds. The third-order valence-corrected chi connectivity index (χ3v) is 4.00. The monoisotopic (exact) mass is 314 g/mol. The van der Waals surface area contributed by atoms with Crippen molar-refractivity contribution in [3.8, 4) is 0 Å². The van der Waals surface area contributed by atoms with Crippen LogP contribution in [0, 0.1) is 5.92 Å². The van der Waals surface area contributed by atoms with Crippen molar-refractivity contribution in [2.24, 2.45) is 5.92 Å². The van der Waals surface area contributed by atoms with E-state index in [2.05, 4.69) is 19.2 Å². The highest BCUT2D eigenvalue weighted by atomic mass is 16.6. The molecular formula is C17H34N2O3. The second-order valence-corrected chi connectivity index (χ2v) is 7.29. The summed E-state index contributed by atoms with van der Waals surface area (Å²) in [4.78, 5) is 14.0. The van der Waals surface area contributed by atoms with Gasteiger partial charge in [-0.3, -0.25) is 0 Å². The van der Waals surface area contributed by atoms with Gasteiger partial charge >= 0.3 is 6.09 Å². The first-order valence-corrected chi connectivity index (χ1v) is 8.55. The Balaban J connectivity index is 2.43. The van der Waals surface area contributed by atoms with Crippen LogP contribution < -0.4 is 5.32 Å². The van der Waals surface area contributed by atoms with Gasteiger partial charge in [0.25, 0.3) is 0 Å². The molecule has 0 bridgehead atoms. The molecule has 5 nitrogen and oxygen atoms in total. The fourth-order valence-electron chi connectivity index (χ4n) is 2.77. The SMILES string of the molecule is CCOC(C)CNC(C)C1CCCN(C(=O)OC(C)(C)C)C1. The average Bonchev–Trinajstić information content (AvgIpc) is 2.43. The Kier molecular flexibility index (Phi) is 7.63. The van der Waals surface area contributed by atoms with Crippen molar-refractivity contribution in [2.45, 2.75) is 72.1 Å². The van der Waals surface area contributed by atoms with E-state index in [1.807, 2.05) is 32.6 Å². The van der Waals surface area contributed by atoms with Gasteiger partial charge in [-0.05, 0) is 60.3 Å². The van der Waals surface area contributed by atoms with Crippen LogP contribution in [0.25, 0.3) is 0 Å². The Hall–Kier alpha value is -0.810. The highest BCUT2D eigenvalue weighted by Gasteiger charge is 2.30. The fourth-order valence-corrected chi connectivity index (χ4v) is 2.77. The summed E-state index contributed by atoms with van der Waals surface area (Å²) < 4.78 is 11.0. The zero-order valence-electron chi connectivity index (χ0n) is 15.1. The van der Waals surface area contributed by atoms with Crippen molar-refractivity contribution >= 4 is 6.09 Å². The minimum Gasteiger partial charge on any atom is -0.444 e. The van der Waals surface area contributed by atoms with Gasteiger partial charge in [0, 0.05) is 32.3 Å². The van der Waals surface area contributed by atoms with Crippen molar-refractivity contribution in [3.05, 3.63) is 0 Å². The number of hydrogen-bond donors (Lipinski definition) is 1. The van der Waals surface area contributed by atoms with E-state index in [4.69, 9.17) is 9.47 Å². The highest BCUT2D eigenvalue weighted by molar-refractivity contribution is 5.68. The van der Waals surface area contributed by atoms with E-state index in [0.29, 0.717) is 12.0 Å². The number of rotatable bonds is 6. The Labute approximate surface area is 135 Å². The lowest BCUT2D eigenvalue weighted by atomic mass is 9.91. The molecule has 1 fully saturated rings. The van der Waals surface area contributed by atoms with Gasteiger partial charge < -0.3 is 19.7 Å². The van der Waals surface area contributed by atoms with E-state index in [-0.39, 0.29) is 12.2 Å². The Morgan fingerprint density at radius 1 is 1.36 bits per heavy atom. The molecule has 1 aliphatic rings. The normalized spacial score (nSPS) is 22.3. The van der Waals surface area contributed by atoms with Gasteiger partial charge in [-0.1, -0.05) is 0 Å². The molecule has 3 unspecified atom stereocenters. The zero-order valence-corrected chi connectivity index (χ0v) is 15.1. The van der Waals surface area contributed by atoms with Gasteiger partial charge in [0.05, 0.1) is 6.10 Å². The molecule has 22 heavy (non-hydrogen) atoms. The first-order valence-electron chi connectivity index (χ1n) is 8.55. The summed E-state index contributed by atoms with van der Waals surface area (Å²) in [5, 5.41) is 3.54. The lowest BCUT2D eigenvalue weighted by molar-refractivity contribution is 0.0141. The molecule has 0 aromatic rings. The number of hydrogen-bond acceptors (Lipinski definition) is 4. The molecule has 1 aliphatic heterocycles. The molecule has 1 N–H and O–H groups in total. The lowest BCUT2D eigenvalue weighted by Gasteiger charge is -2.37. The number of piperidine rings is 1. The largest absolute Gasteiger partial charge is 0.444 e. The quantitative estimate of drug-likeness (QED) is 0.819. The van der Waals surface area contributed by atoms with E-state index in [1.54, 1.807) is 0 Å². The van der Waals surface area contributed by atoms with E-state index < -0.39 is 5.60 Å². The number of nitrogens with one attached hydrogen (secondary N) is 1. The number of likely N-dealkylation sites (tertiary alicyclic amines) is 1. The van der Waals surface area contributed by atoms with Crippen molar-refractivity contribution in [2.75, 3.05) is 26.2 Å². The van der Waals surface area contributed by atoms with Crippen molar-refractivity contribution in [3.63, 3.8) is 0 Å². The Bertz CT molecular complexity index is 341. The van der Waals surface area contributed by atoms with Crippen LogP contribution in [0.2, 0.25) is 0 Å². The summed E-state index contributed by atoms with van der Waals surface area (Å²) >= 11 is 0. The summed E-state index contributed by atoms with van der Waals surface area (Å²) in [6.45, 7) is 15.2. The van der Waals surface area contributed by atoms with Gasteiger partial charge in [-0.15, -0.1) is 0 Å². The maximum absolute atomic E-state index is 12.2. The molecule has 130 valence electrons. The van der Waals surface area contributed by atoms with Gasteiger partial charge in [0.2, 0.25) is 0 Å². The van der Waals surface area contributed by atoms with Gasteiger partial charge in [0.15, 0.2) is 0 Å². The maximum atomic E-state index is 12.2. The van der Waals surface area contributed by atoms with Gasteiger partial charge in [-0.25, -0.2) is 4.79 Å². The standard InChI is InChI=1S/C17H34N2O3/c1-7-21-13(2)11-18-14(3)15-9-8-10-19(12-15)16(20)22-17(4,5)6/h13-15,18H,7-12H2,1-6H3. The van der Waals surface area contributed by atoms with Crippen molar-refractivity contribution in [1.29, 1.82) is 0 Å². The molecule has 0 aromatic carbocycles. The molecule has 3 atom stereocenters. The molecule has 0 radical (unpaired) electrons. The number of carbonyl (C=O) groups is 1. The molecule has 1 rings (SSSR count). The van der Waals surface area contributed by atoms with E-state index in [9.17, 15) is 4.79 Å². The summed E-state index contributed by atoms with van der Waals surface area (Å²) in [5.74, 6) is 0.468. The summed E-state index contributed by atoms with van der Waals surface area (Å²) in [6, 6.07) is 0.369. The molecule has 5 heteroatoms. The van der Waals surface area contributed by atoms with Crippen LogP contribution in [0.5, 0.6) is 0 Å². The van der Waals surface area contributed by atoms with Gasteiger partial charge in [0.1, 0.15) is 5.60 Å². The topological polar surface area (TPSA) is 50.8 Å². The second-order valence-electron chi connectivity index (χ2n) is 7.29. The van der Waals surface area contributed by atoms with Crippen LogP contribution in [0.15, 0.2) is 0 Å².